The van der Waals surface area contributed by atoms with Crippen molar-refractivity contribution in [3.8, 4) is 0 Å². The Bertz CT molecular complexity index is 844. The Balaban J connectivity index is 1.58. The van der Waals surface area contributed by atoms with Crippen LogP contribution >= 0.6 is 0 Å². The van der Waals surface area contributed by atoms with Crippen LogP contribution in [0.2, 0.25) is 0 Å². The van der Waals surface area contributed by atoms with Gasteiger partial charge >= 0.3 is 12.0 Å². The van der Waals surface area contributed by atoms with E-state index in [0.717, 1.165) is 12.1 Å². The molecule has 1 aliphatic rings. The molecule has 27 heavy (non-hydrogen) atoms. The number of hydrogen-bond donors (Lipinski definition) is 0. The van der Waals surface area contributed by atoms with E-state index >= 15 is 0 Å². The maximum Gasteiger partial charge on any atom is 0.416 e. The number of hydrogen-bond acceptors (Lipinski definition) is 5. The van der Waals surface area contributed by atoms with Crippen molar-refractivity contribution in [1.29, 1.82) is 0 Å². The van der Waals surface area contributed by atoms with Crippen molar-refractivity contribution in [2.24, 2.45) is 0 Å². The van der Waals surface area contributed by atoms with E-state index in [2.05, 4.69) is 4.98 Å². The molecule has 8 nitrogen and oxygen atoms in total. The number of aromatic nitrogens is 2. The first kappa shape index (κ1) is 18.7. The van der Waals surface area contributed by atoms with E-state index in [1.54, 1.807) is 15.9 Å². The normalized spacial score (nSPS) is 15.1. The van der Waals surface area contributed by atoms with Crippen molar-refractivity contribution < 1.29 is 22.9 Å². The zero-order chi connectivity index (χ0) is 19.6. The highest BCUT2D eigenvalue weighted by atomic mass is 19.4. The molecule has 0 N–H and O–H groups in total. The van der Waals surface area contributed by atoms with E-state index in [4.69, 9.17) is 0 Å². The summed E-state index contributed by atoms with van der Waals surface area (Å²) in [6, 6.07) is 5.09. The van der Waals surface area contributed by atoms with Crippen molar-refractivity contribution >= 4 is 17.4 Å². The van der Waals surface area contributed by atoms with Gasteiger partial charge in [-0.25, -0.2) is 0 Å². The molecule has 1 aliphatic heterocycles. The molecular formula is C16H16F3N5O3. The third kappa shape index (κ3) is 4.36. The minimum Gasteiger partial charge on any atom is -0.368 e. The summed E-state index contributed by atoms with van der Waals surface area (Å²) in [5.41, 5.74) is -0.248. The van der Waals surface area contributed by atoms with Crippen LogP contribution in [0.25, 0.3) is 0 Å². The maximum atomic E-state index is 12.8. The number of alkyl halides is 3. The number of carbonyl (C=O) groups excluding carboxylic acids is 1. The molecule has 1 amide bonds. The molecule has 11 heteroatoms. The first-order valence-corrected chi connectivity index (χ1v) is 8.10. The Labute approximate surface area is 152 Å². The van der Waals surface area contributed by atoms with E-state index in [-0.39, 0.29) is 18.3 Å². The van der Waals surface area contributed by atoms with Crippen LogP contribution in [0.5, 0.6) is 0 Å². The SMILES string of the molecule is O=C(Cn1cnc([N+](=O)[O-])c1)N1CCN(c2cccc(C(F)(F)F)c2)CC1. The van der Waals surface area contributed by atoms with Crippen LogP contribution in [0.3, 0.4) is 0 Å². The van der Waals surface area contributed by atoms with Crippen molar-refractivity contribution in [2.75, 3.05) is 31.1 Å². The van der Waals surface area contributed by atoms with Crippen LogP contribution in [0.4, 0.5) is 24.7 Å². The van der Waals surface area contributed by atoms with Gasteiger partial charge in [-0.2, -0.15) is 13.2 Å². The molecule has 3 rings (SSSR count). The lowest BCUT2D eigenvalue weighted by Gasteiger charge is -2.36. The molecule has 2 heterocycles. The summed E-state index contributed by atoms with van der Waals surface area (Å²) in [5.74, 6) is -0.567. The smallest absolute Gasteiger partial charge is 0.368 e. The Morgan fingerprint density at radius 1 is 1.22 bits per heavy atom. The summed E-state index contributed by atoms with van der Waals surface area (Å²) in [5, 5.41) is 10.6. The van der Waals surface area contributed by atoms with E-state index in [1.807, 2.05) is 0 Å². The van der Waals surface area contributed by atoms with E-state index in [0.29, 0.717) is 31.9 Å². The third-order valence-electron chi connectivity index (χ3n) is 4.30. The molecule has 1 aromatic carbocycles. The molecule has 144 valence electrons. The number of amides is 1. The van der Waals surface area contributed by atoms with Gasteiger partial charge in [-0.05, 0) is 28.1 Å². The van der Waals surface area contributed by atoms with Crippen LogP contribution in [0.1, 0.15) is 5.56 Å². The van der Waals surface area contributed by atoms with Gasteiger partial charge in [0.1, 0.15) is 12.7 Å². The Morgan fingerprint density at radius 3 is 2.52 bits per heavy atom. The molecular weight excluding hydrogens is 367 g/mol. The first-order chi connectivity index (χ1) is 12.7. The van der Waals surface area contributed by atoms with Crippen molar-refractivity contribution in [3.63, 3.8) is 0 Å². The first-order valence-electron chi connectivity index (χ1n) is 8.10. The van der Waals surface area contributed by atoms with Crippen molar-refractivity contribution in [1.82, 2.24) is 14.5 Å². The summed E-state index contributed by atoms with van der Waals surface area (Å²) in [7, 11) is 0. The summed E-state index contributed by atoms with van der Waals surface area (Å²) in [4.78, 5) is 29.2. The van der Waals surface area contributed by atoms with Gasteiger partial charge in [-0.15, -0.1) is 0 Å². The number of benzene rings is 1. The van der Waals surface area contributed by atoms with Crippen LogP contribution in [0.15, 0.2) is 36.8 Å². The highest BCUT2D eigenvalue weighted by molar-refractivity contribution is 5.76. The second kappa shape index (κ2) is 7.25. The molecule has 0 unspecified atom stereocenters. The van der Waals surface area contributed by atoms with E-state index < -0.39 is 16.7 Å². The Morgan fingerprint density at radius 2 is 1.93 bits per heavy atom. The standard InChI is InChI=1S/C16H16F3N5O3/c17-16(18,19)12-2-1-3-13(8-12)22-4-6-23(7-5-22)15(25)10-21-9-14(20-11-21)24(26)27/h1-3,8-9,11H,4-7,10H2. The fourth-order valence-electron chi connectivity index (χ4n) is 2.88. The number of carbonyl (C=O) groups is 1. The van der Waals surface area contributed by atoms with Crippen LogP contribution < -0.4 is 4.90 Å². The third-order valence-corrected chi connectivity index (χ3v) is 4.30. The van der Waals surface area contributed by atoms with Crippen LogP contribution in [0, 0.1) is 10.1 Å². The topological polar surface area (TPSA) is 84.5 Å². The number of imidazole rings is 1. The number of piperazine rings is 1. The van der Waals surface area contributed by atoms with Crippen molar-refractivity contribution in [2.45, 2.75) is 12.7 Å². The van der Waals surface area contributed by atoms with Gasteiger partial charge in [-0.1, -0.05) is 6.07 Å². The number of halogens is 3. The highest BCUT2D eigenvalue weighted by Crippen LogP contribution is 2.31. The van der Waals surface area contributed by atoms with Crippen LogP contribution in [-0.2, 0) is 17.5 Å². The summed E-state index contributed by atoms with van der Waals surface area (Å²) >= 11 is 0. The predicted octanol–water partition coefficient (Wildman–Crippen LogP) is 2.16. The fourth-order valence-corrected chi connectivity index (χ4v) is 2.88. The van der Waals surface area contributed by atoms with Gasteiger partial charge < -0.3 is 24.5 Å². The quantitative estimate of drug-likeness (QED) is 0.597. The van der Waals surface area contributed by atoms with Gasteiger partial charge in [0.15, 0.2) is 0 Å². The van der Waals surface area contributed by atoms with Crippen molar-refractivity contribution in [3.05, 3.63) is 52.5 Å². The molecule has 2 aromatic rings. The van der Waals surface area contributed by atoms with Gasteiger partial charge in [-0.3, -0.25) is 4.79 Å². The minimum atomic E-state index is -4.40. The van der Waals surface area contributed by atoms with Gasteiger partial charge in [0.2, 0.25) is 12.2 Å². The maximum absolute atomic E-state index is 12.8. The minimum absolute atomic E-state index is 0.0790. The zero-order valence-electron chi connectivity index (χ0n) is 14.1. The largest absolute Gasteiger partial charge is 0.416 e. The summed E-state index contributed by atoms with van der Waals surface area (Å²) in [6.45, 7) is 1.43. The summed E-state index contributed by atoms with van der Waals surface area (Å²) in [6.07, 6.45) is -2.01. The van der Waals surface area contributed by atoms with E-state index in [1.165, 1.54) is 23.2 Å². The molecule has 1 fully saturated rings. The molecule has 0 atom stereocenters. The molecule has 0 radical (unpaired) electrons. The van der Waals surface area contributed by atoms with Gasteiger partial charge in [0.25, 0.3) is 0 Å². The second-order valence-electron chi connectivity index (χ2n) is 6.08. The number of nitro groups is 1. The Kier molecular flexibility index (Phi) is 5.02. The summed E-state index contributed by atoms with van der Waals surface area (Å²) < 4.78 is 39.9. The molecule has 0 saturated carbocycles. The van der Waals surface area contributed by atoms with Gasteiger partial charge in [0.05, 0.1) is 5.56 Å². The molecule has 1 aromatic heterocycles. The molecule has 0 aliphatic carbocycles. The fraction of sp³-hybridized carbons (Fsp3) is 0.375. The van der Waals surface area contributed by atoms with Crippen LogP contribution in [-0.4, -0.2) is 51.5 Å². The Hall–Kier alpha value is -3.11. The number of rotatable bonds is 4. The lowest BCUT2D eigenvalue weighted by atomic mass is 10.1. The average molecular weight is 383 g/mol. The lowest BCUT2D eigenvalue weighted by Crippen LogP contribution is -2.49. The number of anilines is 1. The van der Waals surface area contributed by atoms with Gasteiger partial charge in [0, 0.05) is 31.9 Å². The molecule has 1 saturated heterocycles. The number of nitrogens with zero attached hydrogens (tertiary/aromatic N) is 5. The lowest BCUT2D eigenvalue weighted by molar-refractivity contribution is -0.389. The average Bonchev–Trinajstić information content (AvgIpc) is 3.10. The zero-order valence-corrected chi connectivity index (χ0v) is 14.1. The van der Waals surface area contributed by atoms with E-state index in [9.17, 15) is 28.1 Å². The monoisotopic (exact) mass is 383 g/mol. The molecule has 0 bridgehead atoms. The second-order valence-corrected chi connectivity index (χ2v) is 6.08. The molecule has 0 spiro atoms. The predicted molar refractivity (Wildman–Crippen MR) is 89.1 cm³/mol. The highest BCUT2D eigenvalue weighted by Gasteiger charge is 2.31.